The van der Waals surface area contributed by atoms with E-state index in [-0.39, 0.29) is 6.10 Å². The second-order valence-corrected chi connectivity index (χ2v) is 4.19. The fourth-order valence-electron chi connectivity index (χ4n) is 1.90. The minimum Gasteiger partial charge on any atom is -0.367 e. The summed E-state index contributed by atoms with van der Waals surface area (Å²) in [4.78, 5) is 8.61. The summed E-state index contributed by atoms with van der Waals surface area (Å²) in [6.45, 7) is 4.20. The number of hydrogen-bond donors (Lipinski definition) is 1. The van der Waals surface area contributed by atoms with Gasteiger partial charge in [0.2, 0.25) is 5.82 Å². The van der Waals surface area contributed by atoms with Gasteiger partial charge in [-0.1, -0.05) is 11.2 Å². The molecule has 1 saturated heterocycles. The molecule has 0 amide bonds. The molecule has 2 aromatic rings. The van der Waals surface area contributed by atoms with Crippen molar-refractivity contribution in [1.82, 2.24) is 20.4 Å². The number of pyridine rings is 1. The summed E-state index contributed by atoms with van der Waals surface area (Å²) in [5.74, 6) is 1.01. The molecular formula is C12H14N4O2. The molecule has 1 fully saturated rings. The third-order valence-corrected chi connectivity index (χ3v) is 2.87. The van der Waals surface area contributed by atoms with Crippen molar-refractivity contribution in [3.8, 4) is 11.6 Å². The Kier molecular flexibility index (Phi) is 3.04. The molecule has 0 aliphatic carbocycles. The number of morpholine rings is 1. The zero-order valence-corrected chi connectivity index (χ0v) is 10.1. The molecule has 2 aromatic heterocycles. The fraction of sp³-hybridized carbons (Fsp3) is 0.417. The maximum Gasteiger partial charge on any atom is 0.276 e. The molecule has 3 rings (SSSR count). The van der Waals surface area contributed by atoms with Gasteiger partial charge in [0.15, 0.2) is 0 Å². The van der Waals surface area contributed by atoms with Crippen molar-refractivity contribution in [1.29, 1.82) is 0 Å². The van der Waals surface area contributed by atoms with Gasteiger partial charge in [-0.15, -0.1) is 0 Å². The average Bonchev–Trinajstić information content (AvgIpc) is 2.90. The van der Waals surface area contributed by atoms with Gasteiger partial charge in [-0.25, -0.2) is 0 Å². The predicted octanol–water partition coefficient (Wildman–Crippen LogP) is 1.10. The Morgan fingerprint density at radius 1 is 1.44 bits per heavy atom. The number of nitrogens with zero attached hydrogens (tertiary/aromatic N) is 3. The third kappa shape index (κ3) is 2.12. The Morgan fingerprint density at radius 3 is 3.17 bits per heavy atom. The Labute approximate surface area is 104 Å². The van der Waals surface area contributed by atoms with Crippen molar-refractivity contribution in [2.45, 2.75) is 13.0 Å². The Bertz CT molecular complexity index is 534. The van der Waals surface area contributed by atoms with E-state index in [9.17, 15) is 0 Å². The molecule has 6 nitrogen and oxygen atoms in total. The number of rotatable bonds is 2. The highest BCUT2D eigenvalue weighted by Crippen LogP contribution is 2.22. The highest BCUT2D eigenvalue weighted by molar-refractivity contribution is 5.51. The lowest BCUT2D eigenvalue weighted by Crippen LogP contribution is -2.33. The van der Waals surface area contributed by atoms with E-state index in [2.05, 4.69) is 20.4 Å². The Hall–Kier alpha value is -1.79. The second-order valence-electron chi connectivity index (χ2n) is 4.19. The van der Waals surface area contributed by atoms with Crippen LogP contribution in [0.5, 0.6) is 0 Å². The summed E-state index contributed by atoms with van der Waals surface area (Å²) in [6.07, 6.45) is 1.57. The molecule has 94 valence electrons. The highest BCUT2D eigenvalue weighted by atomic mass is 16.5. The van der Waals surface area contributed by atoms with Gasteiger partial charge < -0.3 is 14.6 Å². The Balaban J connectivity index is 1.87. The number of aryl methyl sites for hydroxylation is 1. The zero-order chi connectivity index (χ0) is 12.4. The summed E-state index contributed by atoms with van der Waals surface area (Å²) in [5, 5.41) is 7.20. The number of nitrogens with one attached hydrogen (secondary N) is 1. The normalized spacial score (nSPS) is 19.9. The van der Waals surface area contributed by atoms with E-state index < -0.39 is 0 Å². The van der Waals surface area contributed by atoms with Crippen LogP contribution in [0.1, 0.15) is 17.5 Å². The van der Waals surface area contributed by atoms with Gasteiger partial charge in [-0.3, -0.25) is 4.98 Å². The van der Waals surface area contributed by atoms with Gasteiger partial charge in [0, 0.05) is 19.3 Å². The molecule has 0 radical (unpaired) electrons. The van der Waals surface area contributed by atoms with E-state index in [1.807, 2.05) is 19.1 Å². The van der Waals surface area contributed by atoms with Crippen molar-refractivity contribution in [3.05, 3.63) is 29.7 Å². The van der Waals surface area contributed by atoms with Crippen LogP contribution in [0.25, 0.3) is 11.6 Å². The molecule has 1 N–H and O–H groups in total. The average molecular weight is 246 g/mol. The minimum atomic E-state index is -0.139. The summed E-state index contributed by atoms with van der Waals surface area (Å²) < 4.78 is 10.8. The van der Waals surface area contributed by atoms with Gasteiger partial charge in [0.05, 0.1) is 6.61 Å². The van der Waals surface area contributed by atoms with E-state index in [1.165, 1.54) is 0 Å². The first-order chi connectivity index (χ1) is 8.84. The molecule has 6 heteroatoms. The molecule has 1 aliphatic rings. The van der Waals surface area contributed by atoms with Crippen LogP contribution in [0.15, 0.2) is 22.9 Å². The summed E-state index contributed by atoms with van der Waals surface area (Å²) in [5.41, 5.74) is 1.73. The van der Waals surface area contributed by atoms with E-state index in [4.69, 9.17) is 9.26 Å². The van der Waals surface area contributed by atoms with Crippen molar-refractivity contribution in [2.75, 3.05) is 19.7 Å². The lowest BCUT2D eigenvalue weighted by Gasteiger charge is -2.20. The van der Waals surface area contributed by atoms with Gasteiger partial charge >= 0.3 is 0 Å². The van der Waals surface area contributed by atoms with E-state index in [1.54, 1.807) is 6.20 Å². The first-order valence-corrected chi connectivity index (χ1v) is 5.92. The number of aromatic nitrogens is 3. The summed E-state index contributed by atoms with van der Waals surface area (Å²) in [6, 6.07) is 3.84. The predicted molar refractivity (Wildman–Crippen MR) is 63.8 cm³/mol. The smallest absolute Gasteiger partial charge is 0.276 e. The van der Waals surface area contributed by atoms with Crippen LogP contribution >= 0.6 is 0 Å². The molecule has 1 aliphatic heterocycles. The minimum absolute atomic E-state index is 0.139. The molecule has 3 heterocycles. The van der Waals surface area contributed by atoms with Crippen molar-refractivity contribution in [3.63, 3.8) is 0 Å². The van der Waals surface area contributed by atoms with Gasteiger partial charge in [0.1, 0.15) is 11.8 Å². The fourth-order valence-corrected chi connectivity index (χ4v) is 1.90. The standard InChI is InChI=1S/C12H14N4O2/c1-8-3-2-4-14-10(8)12-15-11(16-18-12)9-7-13-5-6-17-9/h2-4,9,13H,5-7H2,1H3. The monoisotopic (exact) mass is 246 g/mol. The lowest BCUT2D eigenvalue weighted by molar-refractivity contribution is 0.0208. The first-order valence-electron chi connectivity index (χ1n) is 5.92. The van der Waals surface area contributed by atoms with E-state index >= 15 is 0 Å². The van der Waals surface area contributed by atoms with Crippen LogP contribution in [-0.4, -0.2) is 34.8 Å². The van der Waals surface area contributed by atoms with Crippen LogP contribution in [-0.2, 0) is 4.74 Å². The van der Waals surface area contributed by atoms with Crippen molar-refractivity contribution >= 4 is 0 Å². The van der Waals surface area contributed by atoms with Crippen LogP contribution in [0.4, 0.5) is 0 Å². The van der Waals surface area contributed by atoms with Crippen LogP contribution in [0.2, 0.25) is 0 Å². The molecule has 1 atom stereocenters. The highest BCUT2D eigenvalue weighted by Gasteiger charge is 2.22. The number of hydrogen-bond acceptors (Lipinski definition) is 6. The SMILES string of the molecule is Cc1cccnc1-c1nc(C2CNCCO2)no1. The maximum absolute atomic E-state index is 5.58. The molecule has 0 spiro atoms. The molecule has 18 heavy (non-hydrogen) atoms. The molecule has 1 unspecified atom stereocenters. The Morgan fingerprint density at radius 2 is 2.39 bits per heavy atom. The van der Waals surface area contributed by atoms with Gasteiger partial charge in [-0.05, 0) is 18.6 Å². The van der Waals surface area contributed by atoms with Crippen LogP contribution < -0.4 is 5.32 Å². The topological polar surface area (TPSA) is 73.1 Å². The largest absolute Gasteiger partial charge is 0.367 e. The number of ether oxygens (including phenoxy) is 1. The van der Waals surface area contributed by atoms with Gasteiger partial charge in [-0.2, -0.15) is 4.98 Å². The van der Waals surface area contributed by atoms with E-state index in [0.717, 1.165) is 17.8 Å². The van der Waals surface area contributed by atoms with Crippen molar-refractivity contribution < 1.29 is 9.26 Å². The summed E-state index contributed by atoms with van der Waals surface area (Å²) in [7, 11) is 0. The lowest BCUT2D eigenvalue weighted by atomic mass is 10.2. The maximum atomic E-state index is 5.58. The molecular weight excluding hydrogens is 232 g/mol. The van der Waals surface area contributed by atoms with Gasteiger partial charge in [0.25, 0.3) is 5.89 Å². The van der Waals surface area contributed by atoms with E-state index in [0.29, 0.717) is 24.9 Å². The molecule has 0 saturated carbocycles. The molecule has 0 bridgehead atoms. The van der Waals surface area contributed by atoms with Crippen molar-refractivity contribution in [2.24, 2.45) is 0 Å². The second kappa shape index (κ2) is 4.83. The quantitative estimate of drug-likeness (QED) is 0.855. The van der Waals surface area contributed by atoms with Crippen LogP contribution in [0.3, 0.4) is 0 Å². The third-order valence-electron chi connectivity index (χ3n) is 2.87. The molecule has 0 aromatic carbocycles. The zero-order valence-electron chi connectivity index (χ0n) is 10.1. The summed E-state index contributed by atoms with van der Waals surface area (Å²) >= 11 is 0. The van der Waals surface area contributed by atoms with Crippen LogP contribution in [0, 0.1) is 6.92 Å². The first kappa shape index (κ1) is 11.3.